The minimum Gasteiger partial charge on any atom is -0.481 e. The molecule has 0 fully saturated rings. The van der Waals surface area contributed by atoms with Gasteiger partial charge in [0.2, 0.25) is 0 Å². The first-order valence-corrected chi connectivity index (χ1v) is 7.28. The Morgan fingerprint density at radius 1 is 1.24 bits per heavy atom. The zero-order chi connectivity index (χ0) is 15.7. The maximum Gasteiger partial charge on any atom is 0.307 e. The number of amides is 1. The summed E-state index contributed by atoms with van der Waals surface area (Å²) in [7, 11) is 0. The van der Waals surface area contributed by atoms with Crippen molar-refractivity contribution in [3.8, 4) is 5.75 Å². The smallest absolute Gasteiger partial charge is 0.307 e. The Morgan fingerprint density at radius 2 is 1.90 bits per heavy atom. The van der Waals surface area contributed by atoms with Gasteiger partial charge in [-0.3, -0.25) is 9.59 Å². The fraction of sp³-hybridized carbons (Fsp3) is 0.500. The van der Waals surface area contributed by atoms with Gasteiger partial charge in [-0.25, -0.2) is 0 Å². The van der Waals surface area contributed by atoms with Crippen LogP contribution in [-0.4, -0.2) is 29.6 Å². The maximum atomic E-state index is 11.8. The molecule has 5 heteroatoms. The molecule has 1 aromatic carbocycles. The molecule has 0 saturated heterocycles. The van der Waals surface area contributed by atoms with E-state index in [1.165, 1.54) is 0 Å². The van der Waals surface area contributed by atoms with Crippen molar-refractivity contribution in [3.63, 3.8) is 0 Å². The number of hydrogen-bond acceptors (Lipinski definition) is 3. The summed E-state index contributed by atoms with van der Waals surface area (Å²) >= 11 is 0. The summed E-state index contributed by atoms with van der Waals surface area (Å²) in [5.74, 6) is -0.454. The molecular formula is C16H23NO4. The summed E-state index contributed by atoms with van der Waals surface area (Å²) in [6.07, 6.45) is 2.59. The molecule has 0 bridgehead atoms. The molecular weight excluding hydrogens is 270 g/mol. The van der Waals surface area contributed by atoms with Gasteiger partial charge >= 0.3 is 5.97 Å². The van der Waals surface area contributed by atoms with Crippen molar-refractivity contribution >= 4 is 11.9 Å². The zero-order valence-corrected chi connectivity index (χ0v) is 12.6. The number of carboxylic acids is 1. The number of rotatable bonds is 9. The van der Waals surface area contributed by atoms with Gasteiger partial charge in [0.15, 0.2) is 6.10 Å². The second-order valence-corrected chi connectivity index (χ2v) is 4.97. The van der Waals surface area contributed by atoms with Crippen LogP contribution < -0.4 is 10.1 Å². The van der Waals surface area contributed by atoms with Gasteiger partial charge in [0, 0.05) is 6.54 Å². The Kier molecular flexibility index (Phi) is 7.29. The van der Waals surface area contributed by atoms with E-state index >= 15 is 0 Å². The molecule has 1 atom stereocenters. The number of nitrogens with one attached hydrogen (secondary N) is 1. The summed E-state index contributed by atoms with van der Waals surface area (Å²) in [6.45, 7) is 4.47. The van der Waals surface area contributed by atoms with Crippen LogP contribution in [0.5, 0.6) is 5.75 Å². The van der Waals surface area contributed by atoms with E-state index in [1.807, 2.05) is 0 Å². The summed E-state index contributed by atoms with van der Waals surface area (Å²) in [4.78, 5) is 22.4. The van der Waals surface area contributed by atoms with Crippen LogP contribution in [0.1, 0.15) is 38.7 Å². The molecule has 1 rings (SSSR count). The van der Waals surface area contributed by atoms with Gasteiger partial charge in [-0.15, -0.1) is 0 Å². The number of aliphatic carboxylic acids is 1. The molecule has 0 aliphatic rings. The SMILES string of the molecule is CCCCCNC(=O)C(C)Oc1ccc(CC(=O)O)cc1. The number of unbranched alkanes of at least 4 members (excludes halogenated alkanes) is 2. The first kappa shape index (κ1) is 17.0. The number of benzene rings is 1. The third-order valence-electron chi connectivity index (χ3n) is 3.04. The third-order valence-corrected chi connectivity index (χ3v) is 3.04. The average Bonchev–Trinajstić information content (AvgIpc) is 2.45. The van der Waals surface area contributed by atoms with Gasteiger partial charge in [-0.05, 0) is 31.0 Å². The second-order valence-electron chi connectivity index (χ2n) is 4.97. The standard InChI is InChI=1S/C16H23NO4/c1-3-4-5-10-17-16(20)12(2)21-14-8-6-13(7-9-14)11-15(18)19/h6-9,12H,3-5,10-11H2,1-2H3,(H,17,20)(H,18,19). The van der Waals surface area contributed by atoms with Crippen molar-refractivity contribution in [2.45, 2.75) is 45.6 Å². The molecule has 5 nitrogen and oxygen atoms in total. The predicted octanol–water partition coefficient (Wildman–Crippen LogP) is 2.39. The normalized spacial score (nSPS) is 11.7. The highest BCUT2D eigenvalue weighted by atomic mass is 16.5. The summed E-state index contributed by atoms with van der Waals surface area (Å²) in [6, 6.07) is 6.74. The van der Waals surface area contributed by atoms with Crippen molar-refractivity contribution < 1.29 is 19.4 Å². The molecule has 0 aromatic heterocycles. The lowest BCUT2D eigenvalue weighted by molar-refractivity contribution is -0.136. The van der Waals surface area contributed by atoms with Crippen molar-refractivity contribution in [1.82, 2.24) is 5.32 Å². The average molecular weight is 293 g/mol. The van der Waals surface area contributed by atoms with Gasteiger partial charge in [0.1, 0.15) is 5.75 Å². The Labute approximate surface area is 125 Å². The number of carbonyl (C=O) groups excluding carboxylic acids is 1. The molecule has 1 aromatic rings. The second kappa shape index (κ2) is 9.00. The van der Waals surface area contributed by atoms with Gasteiger partial charge in [0.25, 0.3) is 5.91 Å². The fourth-order valence-corrected chi connectivity index (χ4v) is 1.85. The Balaban J connectivity index is 2.41. The predicted molar refractivity (Wildman–Crippen MR) is 80.4 cm³/mol. The molecule has 21 heavy (non-hydrogen) atoms. The Morgan fingerprint density at radius 3 is 2.48 bits per heavy atom. The van der Waals surface area contributed by atoms with E-state index < -0.39 is 12.1 Å². The molecule has 1 unspecified atom stereocenters. The highest BCUT2D eigenvalue weighted by molar-refractivity contribution is 5.80. The van der Waals surface area contributed by atoms with Crippen molar-refractivity contribution in [2.24, 2.45) is 0 Å². The highest BCUT2D eigenvalue weighted by Crippen LogP contribution is 2.14. The Bertz CT molecular complexity index is 456. The minimum atomic E-state index is -0.872. The van der Waals surface area contributed by atoms with Gasteiger partial charge in [0.05, 0.1) is 6.42 Å². The highest BCUT2D eigenvalue weighted by Gasteiger charge is 2.13. The van der Waals surface area contributed by atoms with Gasteiger partial charge < -0.3 is 15.2 Å². The third kappa shape index (κ3) is 6.79. The lowest BCUT2D eigenvalue weighted by atomic mass is 10.1. The molecule has 1 amide bonds. The van der Waals surface area contributed by atoms with Crippen molar-refractivity contribution in [1.29, 1.82) is 0 Å². The van der Waals surface area contributed by atoms with Crippen LogP contribution in [0.3, 0.4) is 0 Å². The molecule has 116 valence electrons. The number of carbonyl (C=O) groups is 2. The van der Waals surface area contributed by atoms with E-state index in [2.05, 4.69) is 12.2 Å². The lowest BCUT2D eigenvalue weighted by Gasteiger charge is -2.14. The first-order chi connectivity index (χ1) is 10.0. The van der Waals surface area contributed by atoms with Crippen molar-refractivity contribution in [2.75, 3.05) is 6.54 Å². The van der Waals surface area contributed by atoms with E-state index in [1.54, 1.807) is 31.2 Å². The van der Waals surface area contributed by atoms with Crippen LogP contribution in [0, 0.1) is 0 Å². The fourth-order valence-electron chi connectivity index (χ4n) is 1.85. The topological polar surface area (TPSA) is 75.6 Å². The van der Waals surface area contributed by atoms with Crippen LogP contribution in [-0.2, 0) is 16.0 Å². The van der Waals surface area contributed by atoms with Crippen LogP contribution in [0.15, 0.2) is 24.3 Å². The van der Waals surface area contributed by atoms with Crippen LogP contribution >= 0.6 is 0 Å². The summed E-state index contributed by atoms with van der Waals surface area (Å²) in [5, 5.41) is 11.5. The molecule has 0 aliphatic heterocycles. The van der Waals surface area contributed by atoms with Crippen LogP contribution in [0.25, 0.3) is 0 Å². The first-order valence-electron chi connectivity index (χ1n) is 7.28. The molecule has 0 spiro atoms. The van der Waals surface area contributed by atoms with Gasteiger partial charge in [-0.2, -0.15) is 0 Å². The van der Waals surface area contributed by atoms with Crippen LogP contribution in [0.2, 0.25) is 0 Å². The van der Waals surface area contributed by atoms with E-state index in [4.69, 9.17) is 9.84 Å². The van der Waals surface area contributed by atoms with Crippen LogP contribution in [0.4, 0.5) is 0 Å². The molecule has 0 heterocycles. The van der Waals surface area contributed by atoms with E-state index in [-0.39, 0.29) is 12.3 Å². The van der Waals surface area contributed by atoms with E-state index in [9.17, 15) is 9.59 Å². The van der Waals surface area contributed by atoms with Gasteiger partial charge in [-0.1, -0.05) is 31.9 Å². The Hall–Kier alpha value is -2.04. The largest absolute Gasteiger partial charge is 0.481 e. The monoisotopic (exact) mass is 293 g/mol. The number of hydrogen-bond donors (Lipinski definition) is 2. The number of carboxylic acid groups (broad SMARTS) is 1. The molecule has 2 N–H and O–H groups in total. The molecule has 0 radical (unpaired) electrons. The number of ether oxygens (including phenoxy) is 1. The summed E-state index contributed by atoms with van der Waals surface area (Å²) in [5.41, 5.74) is 0.700. The quantitative estimate of drug-likeness (QED) is 0.685. The van der Waals surface area contributed by atoms with E-state index in [0.29, 0.717) is 17.9 Å². The molecule has 0 aliphatic carbocycles. The zero-order valence-electron chi connectivity index (χ0n) is 12.6. The maximum absolute atomic E-state index is 11.8. The van der Waals surface area contributed by atoms with Crippen molar-refractivity contribution in [3.05, 3.63) is 29.8 Å². The lowest BCUT2D eigenvalue weighted by Crippen LogP contribution is -2.36. The minimum absolute atomic E-state index is 0.0201. The summed E-state index contributed by atoms with van der Waals surface area (Å²) < 4.78 is 5.53. The van der Waals surface area contributed by atoms with E-state index in [0.717, 1.165) is 19.3 Å². The molecule has 0 saturated carbocycles.